The molecule has 8 heteroatoms. The van der Waals surface area contributed by atoms with Crippen molar-refractivity contribution in [1.82, 2.24) is 15.0 Å². The van der Waals surface area contributed by atoms with Gasteiger partial charge in [-0.2, -0.15) is 13.2 Å². The first-order valence-electron chi connectivity index (χ1n) is 7.21. The number of hydrogen-bond acceptors (Lipinski definition) is 3. The largest absolute Gasteiger partial charge is 0.478 e. The van der Waals surface area contributed by atoms with E-state index in [0.717, 1.165) is 18.2 Å². The number of carbonyl (C=O) groups is 1. The Bertz CT molecular complexity index is 751. The number of carboxylic acid groups (broad SMARTS) is 1. The second-order valence-electron chi connectivity index (χ2n) is 5.32. The number of rotatable bonds is 6. The van der Waals surface area contributed by atoms with E-state index in [2.05, 4.69) is 10.3 Å². The summed E-state index contributed by atoms with van der Waals surface area (Å²) in [6.07, 6.45) is 0.572. The summed E-state index contributed by atoms with van der Waals surface area (Å²) in [5.41, 5.74) is 1.15. The van der Waals surface area contributed by atoms with E-state index in [-0.39, 0.29) is 6.54 Å². The lowest BCUT2D eigenvalue weighted by Gasteiger charge is -2.13. The van der Waals surface area contributed by atoms with Gasteiger partial charge in [0.2, 0.25) is 0 Å². The van der Waals surface area contributed by atoms with Crippen molar-refractivity contribution in [1.29, 1.82) is 0 Å². The van der Waals surface area contributed by atoms with E-state index in [1.54, 1.807) is 13.1 Å². The molecule has 5 nitrogen and oxygen atoms in total. The van der Waals surface area contributed by atoms with Crippen LogP contribution in [0.5, 0.6) is 0 Å². The third-order valence-corrected chi connectivity index (χ3v) is 3.36. The van der Waals surface area contributed by atoms with Crippen molar-refractivity contribution < 1.29 is 23.1 Å². The Morgan fingerprint density at radius 3 is 2.67 bits per heavy atom. The summed E-state index contributed by atoms with van der Waals surface area (Å²) in [6, 6.07) is 3.57. The second-order valence-corrected chi connectivity index (χ2v) is 5.32. The number of carboxylic acids is 1. The highest BCUT2D eigenvalue weighted by atomic mass is 19.4. The fourth-order valence-electron chi connectivity index (χ4n) is 2.26. The van der Waals surface area contributed by atoms with Gasteiger partial charge in [-0.05, 0) is 43.0 Å². The molecule has 1 aromatic carbocycles. The minimum Gasteiger partial charge on any atom is -0.478 e. The molecule has 2 rings (SSSR count). The molecule has 0 atom stereocenters. The van der Waals surface area contributed by atoms with E-state index in [1.165, 1.54) is 16.8 Å². The van der Waals surface area contributed by atoms with E-state index in [0.29, 0.717) is 29.7 Å². The first kappa shape index (κ1) is 17.7. The molecule has 0 saturated carbocycles. The first-order chi connectivity index (χ1) is 11.3. The summed E-state index contributed by atoms with van der Waals surface area (Å²) in [4.78, 5) is 10.4. The maximum absolute atomic E-state index is 12.9. The van der Waals surface area contributed by atoms with Gasteiger partial charge >= 0.3 is 12.1 Å². The number of aryl methyl sites for hydroxylation is 2. The van der Waals surface area contributed by atoms with Crippen LogP contribution in [0.25, 0.3) is 0 Å². The van der Waals surface area contributed by atoms with Crippen LogP contribution in [0.3, 0.4) is 0 Å². The Morgan fingerprint density at radius 2 is 2.08 bits per heavy atom. The molecule has 0 unspecified atom stereocenters. The van der Waals surface area contributed by atoms with Crippen LogP contribution in [0.15, 0.2) is 36.5 Å². The third-order valence-electron chi connectivity index (χ3n) is 3.36. The molecule has 2 aromatic rings. The Balaban J connectivity index is 2.25. The van der Waals surface area contributed by atoms with Crippen molar-refractivity contribution in [3.63, 3.8) is 0 Å². The van der Waals surface area contributed by atoms with Gasteiger partial charge in [0, 0.05) is 12.3 Å². The highest BCUT2D eigenvalue weighted by Gasteiger charge is 2.30. The minimum atomic E-state index is -4.42. The van der Waals surface area contributed by atoms with Gasteiger partial charge in [-0.1, -0.05) is 17.4 Å². The number of hydrogen-bond donors (Lipinski definition) is 1. The van der Waals surface area contributed by atoms with Gasteiger partial charge in [-0.3, -0.25) is 0 Å². The fourth-order valence-corrected chi connectivity index (χ4v) is 2.26. The quantitative estimate of drug-likeness (QED) is 0.821. The average Bonchev–Trinajstić information content (AvgIpc) is 2.88. The number of aliphatic carboxylic acids is 1. The molecule has 1 heterocycles. The van der Waals surface area contributed by atoms with E-state index in [1.807, 2.05) is 0 Å². The average molecular weight is 339 g/mol. The van der Waals surface area contributed by atoms with Crippen LogP contribution < -0.4 is 0 Å². The van der Waals surface area contributed by atoms with E-state index < -0.39 is 17.7 Å². The molecular formula is C16H16F3N3O2. The summed E-state index contributed by atoms with van der Waals surface area (Å²) < 4.78 is 40.3. The van der Waals surface area contributed by atoms with Gasteiger partial charge in [0.05, 0.1) is 17.8 Å². The van der Waals surface area contributed by atoms with Crippen molar-refractivity contribution in [2.75, 3.05) is 0 Å². The SMILES string of the molecule is Cc1cn(Cc2cc(C(F)(F)F)ccc2CC/C=C/C(=O)O)nn1. The molecule has 1 aromatic heterocycles. The van der Waals surface area contributed by atoms with Crippen molar-refractivity contribution in [3.8, 4) is 0 Å². The van der Waals surface area contributed by atoms with E-state index >= 15 is 0 Å². The third kappa shape index (κ3) is 4.94. The van der Waals surface area contributed by atoms with E-state index in [9.17, 15) is 18.0 Å². The molecule has 0 saturated heterocycles. The van der Waals surface area contributed by atoms with Gasteiger partial charge in [-0.25, -0.2) is 9.48 Å². The second kappa shape index (κ2) is 7.29. The number of allylic oxidation sites excluding steroid dienone is 1. The molecule has 0 aliphatic rings. The zero-order valence-corrected chi connectivity index (χ0v) is 12.9. The summed E-state index contributed by atoms with van der Waals surface area (Å²) in [6.45, 7) is 1.91. The van der Waals surface area contributed by atoms with Gasteiger partial charge in [0.15, 0.2) is 0 Å². The Kier molecular flexibility index (Phi) is 5.38. The van der Waals surface area contributed by atoms with Crippen molar-refractivity contribution in [2.45, 2.75) is 32.5 Å². The molecular weight excluding hydrogens is 323 g/mol. The number of benzene rings is 1. The standard InChI is InChI=1S/C16H16F3N3O2/c1-11-9-22(21-20-11)10-13-8-14(16(17,18)19)7-6-12(13)4-2-3-5-15(23)24/h3,5-9H,2,4,10H2,1H3,(H,23,24)/b5-3+. The van der Waals surface area contributed by atoms with Gasteiger partial charge in [-0.15, -0.1) is 5.10 Å². The highest BCUT2D eigenvalue weighted by molar-refractivity contribution is 5.79. The maximum atomic E-state index is 12.9. The zero-order valence-electron chi connectivity index (χ0n) is 12.9. The van der Waals surface area contributed by atoms with Crippen molar-refractivity contribution >= 4 is 5.97 Å². The summed E-state index contributed by atoms with van der Waals surface area (Å²) in [7, 11) is 0. The predicted molar refractivity (Wildman–Crippen MR) is 80.4 cm³/mol. The molecule has 0 fully saturated rings. The van der Waals surface area contributed by atoms with Crippen LogP contribution in [0.2, 0.25) is 0 Å². The molecule has 0 bridgehead atoms. The number of aromatic nitrogens is 3. The van der Waals surface area contributed by atoms with Crippen LogP contribution >= 0.6 is 0 Å². The molecule has 128 valence electrons. The smallest absolute Gasteiger partial charge is 0.416 e. The monoisotopic (exact) mass is 339 g/mol. The topological polar surface area (TPSA) is 68.0 Å². The lowest BCUT2D eigenvalue weighted by atomic mass is 9.99. The molecule has 1 N–H and O–H groups in total. The molecule has 0 radical (unpaired) electrons. The molecule has 0 spiro atoms. The zero-order chi connectivity index (χ0) is 17.7. The molecule has 0 aliphatic heterocycles. The van der Waals surface area contributed by atoms with Crippen molar-refractivity contribution in [2.24, 2.45) is 0 Å². The van der Waals surface area contributed by atoms with Crippen molar-refractivity contribution in [3.05, 3.63) is 58.9 Å². The van der Waals surface area contributed by atoms with Gasteiger partial charge in [0.25, 0.3) is 0 Å². The Morgan fingerprint density at radius 1 is 1.33 bits per heavy atom. The van der Waals surface area contributed by atoms with Gasteiger partial charge < -0.3 is 5.11 Å². The summed E-state index contributed by atoms with van der Waals surface area (Å²) in [5, 5.41) is 16.2. The molecule has 0 aliphatic carbocycles. The van der Waals surface area contributed by atoms with Gasteiger partial charge in [0.1, 0.15) is 0 Å². The van der Waals surface area contributed by atoms with Crippen LogP contribution in [-0.2, 0) is 23.9 Å². The lowest BCUT2D eigenvalue weighted by molar-refractivity contribution is -0.137. The van der Waals surface area contributed by atoms with Crippen LogP contribution in [0.4, 0.5) is 13.2 Å². The summed E-state index contributed by atoms with van der Waals surface area (Å²) >= 11 is 0. The lowest BCUT2D eigenvalue weighted by Crippen LogP contribution is -2.09. The Labute approximate surface area is 136 Å². The number of alkyl halides is 3. The number of halogens is 3. The summed E-state index contributed by atoms with van der Waals surface area (Å²) in [5.74, 6) is -1.05. The maximum Gasteiger partial charge on any atom is 0.416 e. The van der Waals surface area contributed by atoms with E-state index in [4.69, 9.17) is 5.11 Å². The molecule has 24 heavy (non-hydrogen) atoms. The molecule has 0 amide bonds. The first-order valence-corrected chi connectivity index (χ1v) is 7.21. The van der Waals surface area contributed by atoms with Crippen LogP contribution in [0, 0.1) is 6.92 Å². The van der Waals surface area contributed by atoms with Crippen LogP contribution in [-0.4, -0.2) is 26.1 Å². The fraction of sp³-hybridized carbons (Fsp3) is 0.312. The highest BCUT2D eigenvalue weighted by Crippen LogP contribution is 2.31. The van der Waals surface area contributed by atoms with Crippen LogP contribution in [0.1, 0.15) is 28.8 Å². The Hall–Kier alpha value is -2.64. The number of nitrogens with zero attached hydrogens (tertiary/aromatic N) is 3. The predicted octanol–water partition coefficient (Wildman–Crippen LogP) is 3.23. The minimum absolute atomic E-state index is 0.169. The normalized spacial score (nSPS) is 12.0.